The zero-order valence-electron chi connectivity index (χ0n) is 19.4. The maximum Gasteiger partial charge on any atom is 0.223 e. The number of pyridine rings is 1. The van der Waals surface area contributed by atoms with Crippen molar-refractivity contribution in [3.63, 3.8) is 0 Å². The second-order valence-electron chi connectivity index (χ2n) is 8.08. The third kappa shape index (κ3) is 4.14. The summed E-state index contributed by atoms with van der Waals surface area (Å²) in [5, 5.41) is 11.8. The summed E-state index contributed by atoms with van der Waals surface area (Å²) in [6.45, 7) is 4.37. The zero-order chi connectivity index (χ0) is 23.7. The third-order valence-corrected chi connectivity index (χ3v) is 6.73. The van der Waals surface area contributed by atoms with E-state index >= 15 is 0 Å². The summed E-state index contributed by atoms with van der Waals surface area (Å²) in [5.41, 5.74) is 5.95. The summed E-state index contributed by atoms with van der Waals surface area (Å²) in [6.07, 6.45) is 4.54. The molecule has 1 amide bonds. The molecule has 2 N–H and O–H groups in total. The van der Waals surface area contributed by atoms with E-state index in [1.165, 1.54) is 18.3 Å². The molecule has 1 aromatic carbocycles. The maximum absolute atomic E-state index is 11.7. The average molecular weight is 475 g/mol. The molecule has 8 nitrogen and oxygen atoms in total. The van der Waals surface area contributed by atoms with Crippen LogP contribution in [0.25, 0.3) is 27.5 Å². The van der Waals surface area contributed by atoms with E-state index in [1.54, 1.807) is 7.11 Å². The Bertz CT molecular complexity index is 1340. The van der Waals surface area contributed by atoms with E-state index in [0.29, 0.717) is 5.13 Å². The number of fused-ring (bicyclic) bond motifs is 3. The standard InChI is InChI=1S/C25H26N6O2S/c1-4-26-21-12-11-16(14-27-21)22-19-9-6-10-20-24(34-25(29-20)28-15(2)32)23(19)31(30-22)17-7-5-8-18(13-17)33-3/h5,7-8,11-14H,4,6,9-10H2,1-3H3,(H,26,27)(H,28,29,32). The molecule has 34 heavy (non-hydrogen) atoms. The molecule has 1 aliphatic rings. The molecule has 0 unspecified atom stereocenters. The number of rotatable bonds is 6. The highest BCUT2D eigenvalue weighted by Gasteiger charge is 2.28. The van der Waals surface area contributed by atoms with E-state index in [0.717, 1.165) is 76.1 Å². The number of aromatic nitrogens is 4. The molecule has 3 aromatic heterocycles. The van der Waals surface area contributed by atoms with E-state index in [9.17, 15) is 4.79 Å². The lowest BCUT2D eigenvalue weighted by atomic mass is 10.0. The average Bonchev–Trinajstić information content (AvgIpc) is 3.36. The number of hydrogen-bond donors (Lipinski definition) is 2. The van der Waals surface area contributed by atoms with Gasteiger partial charge in [0.1, 0.15) is 11.6 Å². The largest absolute Gasteiger partial charge is 0.497 e. The molecule has 3 heterocycles. The summed E-state index contributed by atoms with van der Waals surface area (Å²) in [6, 6.07) is 11.9. The van der Waals surface area contributed by atoms with Crippen LogP contribution in [0.4, 0.5) is 10.9 Å². The van der Waals surface area contributed by atoms with Crippen LogP contribution < -0.4 is 15.4 Å². The van der Waals surface area contributed by atoms with Crippen LogP contribution in [0.5, 0.6) is 5.75 Å². The first kappa shape index (κ1) is 22.1. The van der Waals surface area contributed by atoms with Gasteiger partial charge in [0, 0.05) is 36.9 Å². The normalized spacial score (nSPS) is 12.4. The summed E-state index contributed by atoms with van der Waals surface area (Å²) >= 11 is 1.50. The van der Waals surface area contributed by atoms with Crippen LogP contribution in [-0.2, 0) is 17.6 Å². The van der Waals surface area contributed by atoms with Crippen molar-refractivity contribution >= 4 is 28.2 Å². The van der Waals surface area contributed by atoms with Gasteiger partial charge in [-0.3, -0.25) is 4.79 Å². The Morgan fingerprint density at radius 1 is 1.24 bits per heavy atom. The van der Waals surface area contributed by atoms with Crippen molar-refractivity contribution in [2.24, 2.45) is 0 Å². The van der Waals surface area contributed by atoms with Gasteiger partial charge in [-0.05, 0) is 50.5 Å². The Balaban J connectivity index is 1.71. The Kier molecular flexibility index (Phi) is 6.02. The van der Waals surface area contributed by atoms with E-state index in [1.807, 2.05) is 48.1 Å². The first-order chi connectivity index (χ1) is 16.6. The number of methoxy groups -OCH3 is 1. The number of thiazole rings is 1. The number of carbonyl (C=O) groups is 1. The topological polar surface area (TPSA) is 94.0 Å². The van der Waals surface area contributed by atoms with Crippen LogP contribution in [-0.4, -0.2) is 39.3 Å². The van der Waals surface area contributed by atoms with E-state index in [2.05, 4.69) is 21.7 Å². The number of nitrogens with zero attached hydrogens (tertiary/aromatic N) is 4. The predicted octanol–water partition coefficient (Wildman–Crippen LogP) is 4.95. The Morgan fingerprint density at radius 3 is 2.85 bits per heavy atom. The maximum atomic E-state index is 11.7. The highest BCUT2D eigenvalue weighted by Crippen LogP contribution is 2.43. The summed E-state index contributed by atoms with van der Waals surface area (Å²) in [4.78, 5) is 22.0. The molecule has 0 fully saturated rings. The van der Waals surface area contributed by atoms with Gasteiger partial charge in [0.2, 0.25) is 5.91 Å². The quantitative estimate of drug-likeness (QED) is 0.411. The van der Waals surface area contributed by atoms with Crippen molar-refractivity contribution in [2.45, 2.75) is 33.1 Å². The minimum absolute atomic E-state index is 0.127. The van der Waals surface area contributed by atoms with Crippen molar-refractivity contribution in [1.82, 2.24) is 19.7 Å². The molecule has 174 valence electrons. The highest BCUT2D eigenvalue weighted by molar-refractivity contribution is 7.19. The number of anilines is 2. The minimum Gasteiger partial charge on any atom is -0.497 e. The fourth-order valence-corrected chi connectivity index (χ4v) is 5.36. The van der Waals surface area contributed by atoms with E-state index in [-0.39, 0.29) is 5.91 Å². The monoisotopic (exact) mass is 474 g/mol. The molecule has 0 bridgehead atoms. The summed E-state index contributed by atoms with van der Waals surface area (Å²) in [5.74, 6) is 1.48. The molecular formula is C25H26N6O2S. The summed E-state index contributed by atoms with van der Waals surface area (Å²) in [7, 11) is 1.66. The summed E-state index contributed by atoms with van der Waals surface area (Å²) < 4.78 is 7.45. The molecule has 0 atom stereocenters. The molecule has 0 spiro atoms. The lowest BCUT2D eigenvalue weighted by molar-refractivity contribution is -0.114. The number of benzene rings is 1. The number of aryl methyl sites for hydroxylation is 1. The molecule has 0 saturated carbocycles. The molecular weight excluding hydrogens is 448 g/mol. The van der Waals surface area contributed by atoms with Crippen molar-refractivity contribution < 1.29 is 9.53 Å². The van der Waals surface area contributed by atoms with Crippen LogP contribution in [0.1, 0.15) is 31.5 Å². The Morgan fingerprint density at radius 2 is 2.12 bits per heavy atom. The van der Waals surface area contributed by atoms with Crippen LogP contribution in [0.2, 0.25) is 0 Å². The van der Waals surface area contributed by atoms with Crippen LogP contribution >= 0.6 is 11.3 Å². The number of carbonyl (C=O) groups excluding carboxylic acids is 1. The second kappa shape index (κ2) is 9.26. The lowest BCUT2D eigenvalue weighted by Crippen LogP contribution is -2.05. The van der Waals surface area contributed by atoms with Crippen LogP contribution in [0.3, 0.4) is 0 Å². The first-order valence-corrected chi connectivity index (χ1v) is 12.1. The highest BCUT2D eigenvalue weighted by atomic mass is 32.1. The van der Waals surface area contributed by atoms with Gasteiger partial charge >= 0.3 is 0 Å². The van der Waals surface area contributed by atoms with Crippen molar-refractivity contribution in [3.05, 3.63) is 53.9 Å². The first-order valence-electron chi connectivity index (χ1n) is 11.3. The predicted molar refractivity (Wildman–Crippen MR) is 135 cm³/mol. The van der Waals surface area contributed by atoms with Crippen molar-refractivity contribution in [2.75, 3.05) is 24.3 Å². The third-order valence-electron chi connectivity index (χ3n) is 5.71. The van der Waals surface area contributed by atoms with Crippen molar-refractivity contribution in [1.29, 1.82) is 0 Å². The lowest BCUT2D eigenvalue weighted by Gasteiger charge is -2.09. The molecule has 5 rings (SSSR count). The number of amides is 1. The van der Waals surface area contributed by atoms with Crippen LogP contribution in [0.15, 0.2) is 42.6 Å². The van der Waals surface area contributed by atoms with Gasteiger partial charge in [-0.2, -0.15) is 5.10 Å². The fourth-order valence-electron chi connectivity index (χ4n) is 4.24. The van der Waals surface area contributed by atoms with Crippen LogP contribution in [0, 0.1) is 0 Å². The zero-order valence-corrected chi connectivity index (χ0v) is 20.2. The van der Waals surface area contributed by atoms with Crippen molar-refractivity contribution in [3.8, 4) is 33.3 Å². The smallest absolute Gasteiger partial charge is 0.223 e. The van der Waals surface area contributed by atoms with Gasteiger partial charge in [0.15, 0.2) is 5.13 Å². The van der Waals surface area contributed by atoms with Gasteiger partial charge in [0.05, 0.1) is 34.8 Å². The van der Waals surface area contributed by atoms with Gasteiger partial charge in [-0.1, -0.05) is 17.4 Å². The number of ether oxygens (including phenoxy) is 1. The molecule has 0 radical (unpaired) electrons. The number of nitrogens with one attached hydrogen (secondary N) is 2. The molecule has 1 aliphatic carbocycles. The SMILES string of the molecule is CCNc1ccc(-c2nn(-c3cccc(OC)c3)c3c2CCCc2nc(NC(C)=O)sc2-3)cn1. The molecule has 0 aliphatic heterocycles. The van der Waals surface area contributed by atoms with Gasteiger partial charge in [-0.25, -0.2) is 14.6 Å². The molecule has 9 heteroatoms. The number of hydrogen-bond acceptors (Lipinski definition) is 7. The van der Waals surface area contributed by atoms with E-state index in [4.69, 9.17) is 14.8 Å². The molecule has 0 saturated heterocycles. The van der Waals surface area contributed by atoms with Gasteiger partial charge < -0.3 is 15.4 Å². The fraction of sp³-hybridized carbons (Fsp3) is 0.280. The second-order valence-corrected chi connectivity index (χ2v) is 9.08. The Labute approximate surface area is 202 Å². The van der Waals surface area contributed by atoms with Gasteiger partial charge in [0.25, 0.3) is 0 Å². The van der Waals surface area contributed by atoms with E-state index < -0.39 is 0 Å². The minimum atomic E-state index is -0.127. The Hall–Kier alpha value is -3.72. The molecule has 4 aromatic rings. The van der Waals surface area contributed by atoms with Gasteiger partial charge in [-0.15, -0.1) is 0 Å².